The number of nitrogens with zero attached hydrogens (tertiary/aromatic N) is 3. The molecule has 7 heteroatoms. The molecule has 7 nitrogen and oxygen atoms in total. The lowest BCUT2D eigenvalue weighted by Gasteiger charge is -2.16. The summed E-state index contributed by atoms with van der Waals surface area (Å²) in [6.45, 7) is 2.65. The maximum atomic E-state index is 12.0. The molecule has 1 fully saturated rings. The molecule has 1 atom stereocenters. The highest BCUT2D eigenvalue weighted by Crippen LogP contribution is 2.14. The van der Waals surface area contributed by atoms with Gasteiger partial charge >= 0.3 is 0 Å². The quantitative estimate of drug-likeness (QED) is 0.857. The number of nitrogens with two attached hydrogens (primary N) is 1. The van der Waals surface area contributed by atoms with E-state index in [9.17, 15) is 4.79 Å². The van der Waals surface area contributed by atoms with Gasteiger partial charge in [0.25, 0.3) is 5.91 Å². The number of likely N-dealkylation sites (tertiary alicyclic amines) is 1. The van der Waals surface area contributed by atoms with Gasteiger partial charge in [-0.25, -0.2) is 4.63 Å². The molecular formula is C14H17N5O2. The minimum atomic E-state index is -0.333. The van der Waals surface area contributed by atoms with Gasteiger partial charge in [-0.15, -0.1) is 0 Å². The van der Waals surface area contributed by atoms with E-state index in [-0.39, 0.29) is 23.5 Å². The van der Waals surface area contributed by atoms with E-state index in [2.05, 4.69) is 37.3 Å². The number of benzene rings is 1. The molecule has 2 aromatic rings. The number of hydrogen-bond donors (Lipinski definition) is 2. The van der Waals surface area contributed by atoms with Crippen LogP contribution in [-0.2, 0) is 6.54 Å². The molecule has 1 aliphatic rings. The lowest BCUT2D eigenvalue weighted by atomic mass is 10.2. The first kappa shape index (κ1) is 13.6. The summed E-state index contributed by atoms with van der Waals surface area (Å²) in [5, 5.41) is 9.83. The average Bonchev–Trinajstić information content (AvgIpc) is 3.09. The van der Waals surface area contributed by atoms with Crippen LogP contribution in [0.4, 0.5) is 5.82 Å². The molecule has 3 rings (SSSR count). The molecule has 0 bridgehead atoms. The Labute approximate surface area is 122 Å². The summed E-state index contributed by atoms with van der Waals surface area (Å²) in [5.74, 6) is -0.313. The zero-order chi connectivity index (χ0) is 14.7. The van der Waals surface area contributed by atoms with Crippen LogP contribution in [-0.4, -0.2) is 40.3 Å². The van der Waals surface area contributed by atoms with E-state index in [4.69, 9.17) is 5.73 Å². The predicted molar refractivity (Wildman–Crippen MR) is 76.3 cm³/mol. The van der Waals surface area contributed by atoms with Gasteiger partial charge in [-0.05, 0) is 22.3 Å². The van der Waals surface area contributed by atoms with Crippen LogP contribution in [0, 0.1) is 0 Å². The number of aromatic nitrogens is 2. The van der Waals surface area contributed by atoms with Crippen LogP contribution in [0.1, 0.15) is 22.5 Å². The smallest absolute Gasteiger partial charge is 0.277 e. The Hall–Kier alpha value is -2.41. The number of carbonyl (C=O) groups is 1. The van der Waals surface area contributed by atoms with Crippen molar-refractivity contribution in [3.63, 3.8) is 0 Å². The van der Waals surface area contributed by atoms with Crippen LogP contribution < -0.4 is 11.1 Å². The van der Waals surface area contributed by atoms with Crippen molar-refractivity contribution in [2.75, 3.05) is 18.8 Å². The van der Waals surface area contributed by atoms with Crippen molar-refractivity contribution in [1.29, 1.82) is 0 Å². The van der Waals surface area contributed by atoms with Crippen molar-refractivity contribution in [2.45, 2.75) is 19.0 Å². The summed E-state index contributed by atoms with van der Waals surface area (Å²) in [6.07, 6.45) is 0.907. The highest BCUT2D eigenvalue weighted by atomic mass is 16.6. The van der Waals surface area contributed by atoms with Gasteiger partial charge in [0.1, 0.15) is 0 Å². The van der Waals surface area contributed by atoms with E-state index >= 15 is 0 Å². The molecule has 110 valence electrons. The molecule has 1 aromatic carbocycles. The third-order valence-corrected chi connectivity index (χ3v) is 3.59. The molecule has 1 amide bonds. The average molecular weight is 287 g/mol. The molecule has 0 radical (unpaired) electrons. The summed E-state index contributed by atoms with van der Waals surface area (Å²) in [6, 6.07) is 10.4. The number of hydrogen-bond acceptors (Lipinski definition) is 6. The molecule has 21 heavy (non-hydrogen) atoms. The first-order valence-electron chi connectivity index (χ1n) is 6.87. The van der Waals surface area contributed by atoms with Gasteiger partial charge in [0, 0.05) is 25.7 Å². The summed E-state index contributed by atoms with van der Waals surface area (Å²) >= 11 is 0. The zero-order valence-corrected chi connectivity index (χ0v) is 11.5. The Morgan fingerprint density at radius 1 is 1.38 bits per heavy atom. The van der Waals surface area contributed by atoms with E-state index in [1.54, 1.807) is 0 Å². The van der Waals surface area contributed by atoms with Crippen molar-refractivity contribution < 1.29 is 9.42 Å². The van der Waals surface area contributed by atoms with Crippen LogP contribution in [0.3, 0.4) is 0 Å². The van der Waals surface area contributed by atoms with E-state index in [1.807, 2.05) is 18.2 Å². The fourth-order valence-corrected chi connectivity index (χ4v) is 2.54. The van der Waals surface area contributed by atoms with Gasteiger partial charge in [0.05, 0.1) is 0 Å². The molecule has 0 spiro atoms. The SMILES string of the molecule is Nc1nonc1C(=O)NC1CCN(Cc2ccccc2)C1. The number of rotatable bonds is 4. The lowest BCUT2D eigenvalue weighted by Crippen LogP contribution is -2.37. The lowest BCUT2D eigenvalue weighted by molar-refractivity contribution is 0.0928. The molecule has 1 unspecified atom stereocenters. The Morgan fingerprint density at radius 2 is 2.19 bits per heavy atom. The molecular weight excluding hydrogens is 270 g/mol. The van der Waals surface area contributed by atoms with Crippen molar-refractivity contribution >= 4 is 11.7 Å². The molecule has 1 saturated heterocycles. The Kier molecular flexibility index (Phi) is 3.83. The maximum Gasteiger partial charge on any atom is 0.277 e. The van der Waals surface area contributed by atoms with Gasteiger partial charge in [-0.2, -0.15) is 0 Å². The van der Waals surface area contributed by atoms with E-state index in [0.29, 0.717) is 0 Å². The number of carbonyl (C=O) groups excluding carboxylic acids is 1. The van der Waals surface area contributed by atoms with Gasteiger partial charge < -0.3 is 11.1 Å². The largest absolute Gasteiger partial charge is 0.379 e. The topological polar surface area (TPSA) is 97.3 Å². The minimum Gasteiger partial charge on any atom is -0.379 e. The van der Waals surface area contributed by atoms with E-state index < -0.39 is 0 Å². The maximum absolute atomic E-state index is 12.0. The molecule has 0 saturated carbocycles. The molecule has 1 aromatic heterocycles. The fraction of sp³-hybridized carbons (Fsp3) is 0.357. The number of nitrogen functional groups attached to an aromatic ring is 1. The first-order valence-corrected chi connectivity index (χ1v) is 6.87. The number of amides is 1. The van der Waals surface area contributed by atoms with Crippen LogP contribution in [0.2, 0.25) is 0 Å². The highest BCUT2D eigenvalue weighted by Gasteiger charge is 2.26. The van der Waals surface area contributed by atoms with Gasteiger partial charge in [-0.3, -0.25) is 9.69 Å². The second-order valence-electron chi connectivity index (χ2n) is 5.18. The fourth-order valence-electron chi connectivity index (χ4n) is 2.54. The summed E-state index contributed by atoms with van der Waals surface area (Å²) in [5.41, 5.74) is 6.83. The highest BCUT2D eigenvalue weighted by molar-refractivity contribution is 5.96. The van der Waals surface area contributed by atoms with Crippen LogP contribution in [0.5, 0.6) is 0 Å². The molecule has 3 N–H and O–H groups in total. The van der Waals surface area contributed by atoms with Gasteiger partial charge in [0.15, 0.2) is 0 Å². The third kappa shape index (κ3) is 3.19. The molecule has 2 heterocycles. The van der Waals surface area contributed by atoms with Crippen molar-refractivity contribution in [1.82, 2.24) is 20.5 Å². The number of anilines is 1. The molecule has 1 aliphatic heterocycles. The van der Waals surface area contributed by atoms with Crippen LogP contribution >= 0.6 is 0 Å². The molecule has 0 aliphatic carbocycles. The first-order chi connectivity index (χ1) is 10.2. The zero-order valence-electron chi connectivity index (χ0n) is 11.5. The van der Waals surface area contributed by atoms with E-state index in [1.165, 1.54) is 5.56 Å². The van der Waals surface area contributed by atoms with E-state index in [0.717, 1.165) is 26.1 Å². The van der Waals surface area contributed by atoms with Crippen LogP contribution in [0.15, 0.2) is 35.0 Å². The second kappa shape index (κ2) is 5.92. The third-order valence-electron chi connectivity index (χ3n) is 3.59. The summed E-state index contributed by atoms with van der Waals surface area (Å²) in [7, 11) is 0. The number of nitrogens with one attached hydrogen (secondary N) is 1. The Balaban J connectivity index is 1.53. The van der Waals surface area contributed by atoms with Gasteiger partial charge in [-0.1, -0.05) is 30.3 Å². The summed E-state index contributed by atoms with van der Waals surface area (Å²) in [4.78, 5) is 14.3. The Morgan fingerprint density at radius 3 is 2.90 bits per heavy atom. The van der Waals surface area contributed by atoms with Crippen molar-refractivity contribution in [3.05, 3.63) is 41.6 Å². The van der Waals surface area contributed by atoms with Crippen molar-refractivity contribution in [3.8, 4) is 0 Å². The second-order valence-corrected chi connectivity index (χ2v) is 5.18. The monoisotopic (exact) mass is 287 g/mol. The predicted octanol–water partition coefficient (Wildman–Crippen LogP) is 0.656. The summed E-state index contributed by atoms with van der Waals surface area (Å²) < 4.78 is 4.43. The normalized spacial score (nSPS) is 18.8. The van der Waals surface area contributed by atoms with Crippen molar-refractivity contribution in [2.24, 2.45) is 0 Å². The Bertz CT molecular complexity index is 613. The van der Waals surface area contributed by atoms with Gasteiger partial charge in [0.2, 0.25) is 11.5 Å². The standard InChI is InChI=1S/C14H17N5O2/c15-13-12(17-21-18-13)14(20)16-11-6-7-19(9-11)8-10-4-2-1-3-5-10/h1-5,11H,6-9H2,(H2,15,18)(H,16,20). The minimum absolute atomic E-state index is 0.0200. The van der Waals surface area contributed by atoms with Crippen LogP contribution in [0.25, 0.3) is 0 Å².